The van der Waals surface area contributed by atoms with Gasteiger partial charge in [-0.25, -0.2) is 0 Å². The molecule has 1 aliphatic rings. The lowest BCUT2D eigenvalue weighted by molar-refractivity contribution is 0.122. The summed E-state index contributed by atoms with van der Waals surface area (Å²) >= 11 is 6.24. The van der Waals surface area contributed by atoms with Crippen molar-refractivity contribution in [3.63, 3.8) is 0 Å². The first kappa shape index (κ1) is 22.9. The van der Waals surface area contributed by atoms with Crippen molar-refractivity contribution in [2.24, 2.45) is 18.0 Å². The number of piperidine rings is 1. The highest BCUT2D eigenvalue weighted by molar-refractivity contribution is 14.0. The molecular formula is C19H29ClIN7. The fourth-order valence-electron chi connectivity index (χ4n) is 3.77. The van der Waals surface area contributed by atoms with Crippen molar-refractivity contribution in [3.8, 4) is 0 Å². The number of aryl methyl sites for hydroxylation is 1. The van der Waals surface area contributed by atoms with E-state index in [1.54, 1.807) is 13.4 Å². The summed E-state index contributed by atoms with van der Waals surface area (Å²) < 4.78 is 1.89. The summed E-state index contributed by atoms with van der Waals surface area (Å²) in [5, 5.41) is 15.6. The average molecular weight is 518 g/mol. The van der Waals surface area contributed by atoms with Gasteiger partial charge in [0.2, 0.25) is 0 Å². The predicted octanol–water partition coefficient (Wildman–Crippen LogP) is 2.83. The van der Waals surface area contributed by atoms with Crippen LogP contribution in [-0.4, -0.2) is 52.8 Å². The van der Waals surface area contributed by atoms with Crippen molar-refractivity contribution in [3.05, 3.63) is 47.0 Å². The molecule has 7 nitrogen and oxygen atoms in total. The summed E-state index contributed by atoms with van der Waals surface area (Å²) in [6, 6.07) is 8.57. The summed E-state index contributed by atoms with van der Waals surface area (Å²) in [6.07, 6.45) is 4.07. The van der Waals surface area contributed by atoms with Gasteiger partial charge in [0, 0.05) is 31.7 Å². The molecule has 9 heteroatoms. The van der Waals surface area contributed by atoms with Gasteiger partial charge in [-0.15, -0.1) is 34.2 Å². The second-order valence-electron chi connectivity index (χ2n) is 7.05. The molecule has 0 bridgehead atoms. The quantitative estimate of drug-likeness (QED) is 0.363. The molecule has 0 saturated carbocycles. The summed E-state index contributed by atoms with van der Waals surface area (Å²) in [4.78, 5) is 6.76. The van der Waals surface area contributed by atoms with E-state index in [1.807, 2.05) is 23.7 Å². The second-order valence-corrected chi connectivity index (χ2v) is 7.48. The van der Waals surface area contributed by atoms with E-state index in [2.05, 4.69) is 49.9 Å². The summed E-state index contributed by atoms with van der Waals surface area (Å²) in [5.74, 6) is 2.12. The maximum absolute atomic E-state index is 6.24. The Labute approximate surface area is 189 Å². The van der Waals surface area contributed by atoms with Gasteiger partial charge >= 0.3 is 0 Å². The minimum absolute atomic E-state index is 0. The summed E-state index contributed by atoms with van der Waals surface area (Å²) in [7, 11) is 5.91. The molecule has 1 aromatic carbocycles. The number of aliphatic imine (C=N–C) groups is 1. The van der Waals surface area contributed by atoms with Crippen molar-refractivity contribution in [1.82, 2.24) is 30.3 Å². The molecule has 154 valence electrons. The Balaban J connectivity index is 0.00000280. The molecule has 1 aromatic heterocycles. The largest absolute Gasteiger partial charge is 0.356 e. The average Bonchev–Trinajstić information content (AvgIpc) is 3.07. The molecule has 2 aromatic rings. The van der Waals surface area contributed by atoms with E-state index in [9.17, 15) is 0 Å². The van der Waals surface area contributed by atoms with Crippen LogP contribution in [0.25, 0.3) is 0 Å². The zero-order chi connectivity index (χ0) is 19.2. The Morgan fingerprint density at radius 2 is 2.14 bits per heavy atom. The van der Waals surface area contributed by atoms with E-state index in [0.717, 1.165) is 29.9 Å². The van der Waals surface area contributed by atoms with E-state index < -0.39 is 0 Å². The molecule has 2 heterocycles. The van der Waals surface area contributed by atoms with E-state index >= 15 is 0 Å². The van der Waals surface area contributed by atoms with Gasteiger partial charge < -0.3 is 15.2 Å². The minimum Gasteiger partial charge on any atom is -0.356 e. The van der Waals surface area contributed by atoms with E-state index in [0.29, 0.717) is 18.5 Å². The van der Waals surface area contributed by atoms with Crippen LogP contribution >= 0.6 is 35.6 Å². The zero-order valence-corrected chi connectivity index (χ0v) is 19.7. The number of nitrogens with zero attached hydrogens (tertiary/aromatic N) is 5. The molecule has 0 amide bonds. The Morgan fingerprint density at radius 3 is 2.82 bits per heavy atom. The van der Waals surface area contributed by atoms with Crippen LogP contribution in [-0.2, 0) is 13.6 Å². The van der Waals surface area contributed by atoms with Crippen molar-refractivity contribution in [1.29, 1.82) is 0 Å². The SMILES string of the molecule is CN=C(NCc1nncn1C)NCC1CCCN(C)C1c1cccc(Cl)c1.I. The zero-order valence-electron chi connectivity index (χ0n) is 16.6. The standard InChI is InChI=1S/C19H28ClN7.HI/c1-21-19(23-12-17-25-24-13-27(17)3)22-11-15-7-5-9-26(2)18(15)14-6-4-8-16(20)10-14;/h4,6,8,10,13,15,18H,5,7,9,11-12H2,1-3H3,(H2,21,22,23);1H. The van der Waals surface area contributed by atoms with Crippen LogP contribution in [0.5, 0.6) is 0 Å². The molecule has 2 atom stereocenters. The van der Waals surface area contributed by atoms with E-state index in [4.69, 9.17) is 11.6 Å². The molecule has 0 aliphatic carbocycles. The van der Waals surface area contributed by atoms with Gasteiger partial charge in [-0.1, -0.05) is 23.7 Å². The van der Waals surface area contributed by atoms with Crippen LogP contribution in [0, 0.1) is 5.92 Å². The normalized spacial score (nSPS) is 20.5. The van der Waals surface area contributed by atoms with Gasteiger partial charge in [-0.3, -0.25) is 9.89 Å². The first-order valence-corrected chi connectivity index (χ1v) is 9.69. The number of nitrogens with one attached hydrogen (secondary N) is 2. The number of halogens is 2. The number of hydrogen-bond donors (Lipinski definition) is 2. The van der Waals surface area contributed by atoms with E-state index in [1.165, 1.54) is 18.4 Å². The second kappa shape index (κ2) is 11.0. The van der Waals surface area contributed by atoms with Gasteiger partial charge in [0.1, 0.15) is 6.33 Å². The van der Waals surface area contributed by atoms with Crippen LogP contribution in [0.4, 0.5) is 0 Å². The van der Waals surface area contributed by atoms with Gasteiger partial charge in [0.25, 0.3) is 0 Å². The number of aromatic nitrogens is 3. The Morgan fingerprint density at radius 1 is 1.32 bits per heavy atom. The third-order valence-electron chi connectivity index (χ3n) is 5.17. The third kappa shape index (κ3) is 5.81. The first-order chi connectivity index (χ1) is 13.1. The van der Waals surface area contributed by atoms with Crippen LogP contribution in [0.15, 0.2) is 35.6 Å². The molecule has 28 heavy (non-hydrogen) atoms. The summed E-state index contributed by atoms with van der Waals surface area (Å²) in [5.41, 5.74) is 1.28. The summed E-state index contributed by atoms with van der Waals surface area (Å²) in [6.45, 7) is 2.53. The lowest BCUT2D eigenvalue weighted by Gasteiger charge is -2.40. The maximum atomic E-state index is 6.24. The fraction of sp³-hybridized carbons (Fsp3) is 0.526. The van der Waals surface area contributed by atoms with Crippen molar-refractivity contribution in [2.75, 3.05) is 27.2 Å². The highest BCUT2D eigenvalue weighted by Gasteiger charge is 2.30. The number of rotatable bonds is 5. The maximum Gasteiger partial charge on any atom is 0.191 e. The monoisotopic (exact) mass is 517 g/mol. The predicted molar refractivity (Wildman–Crippen MR) is 124 cm³/mol. The number of guanidine groups is 1. The lowest BCUT2D eigenvalue weighted by atomic mass is 9.85. The molecule has 1 saturated heterocycles. The molecule has 0 spiro atoms. The smallest absolute Gasteiger partial charge is 0.191 e. The molecule has 2 N–H and O–H groups in total. The van der Waals surface area contributed by atoms with Crippen LogP contribution in [0.1, 0.15) is 30.3 Å². The topological polar surface area (TPSA) is 70.4 Å². The molecule has 1 aliphatic heterocycles. The van der Waals surface area contributed by atoms with E-state index in [-0.39, 0.29) is 24.0 Å². The van der Waals surface area contributed by atoms with Gasteiger partial charge in [-0.05, 0) is 50.0 Å². The molecule has 2 unspecified atom stereocenters. The lowest BCUT2D eigenvalue weighted by Crippen LogP contribution is -2.45. The van der Waals surface area contributed by atoms with Crippen molar-refractivity contribution in [2.45, 2.75) is 25.4 Å². The third-order valence-corrected chi connectivity index (χ3v) is 5.41. The Hall–Kier alpha value is -1.39. The molecule has 1 fully saturated rings. The van der Waals surface area contributed by atoms with Crippen LogP contribution < -0.4 is 10.6 Å². The number of likely N-dealkylation sites (tertiary alicyclic amines) is 1. The Bertz CT molecular complexity index is 779. The first-order valence-electron chi connectivity index (χ1n) is 9.31. The molecule has 0 radical (unpaired) electrons. The van der Waals surface area contributed by atoms with Crippen molar-refractivity contribution < 1.29 is 0 Å². The minimum atomic E-state index is 0. The number of hydrogen-bond acceptors (Lipinski definition) is 4. The Kier molecular flexibility index (Phi) is 8.97. The number of benzene rings is 1. The van der Waals surface area contributed by atoms with Gasteiger partial charge in [0.05, 0.1) is 6.54 Å². The van der Waals surface area contributed by atoms with Crippen molar-refractivity contribution >= 4 is 41.5 Å². The van der Waals surface area contributed by atoms with Gasteiger partial charge in [-0.2, -0.15) is 0 Å². The van der Waals surface area contributed by atoms with Crippen LogP contribution in [0.2, 0.25) is 5.02 Å². The van der Waals surface area contributed by atoms with Gasteiger partial charge in [0.15, 0.2) is 11.8 Å². The molecular weight excluding hydrogens is 489 g/mol. The molecule has 3 rings (SSSR count). The fourth-order valence-corrected chi connectivity index (χ4v) is 3.97. The highest BCUT2D eigenvalue weighted by Crippen LogP contribution is 2.35. The van der Waals surface area contributed by atoms with Crippen LogP contribution in [0.3, 0.4) is 0 Å². The highest BCUT2D eigenvalue weighted by atomic mass is 127.